The third-order valence-corrected chi connectivity index (χ3v) is 4.92. The maximum Gasteiger partial charge on any atom is 0.237 e. The van der Waals surface area contributed by atoms with E-state index in [-0.39, 0.29) is 11.9 Å². The molecule has 1 amide bonds. The number of benzene rings is 2. The van der Waals surface area contributed by atoms with E-state index in [0.29, 0.717) is 6.54 Å². The lowest BCUT2D eigenvalue weighted by molar-refractivity contribution is -0.125. The number of nitrogens with one attached hydrogen (secondary N) is 1. The standard InChI is InChI=1S/C21H27N3O/c1-18(21(25)22-13-12-19-8-4-2-5-9-19)23-14-16-24(17-15-23)20-10-6-3-7-11-20/h2-11,18H,12-17H2,1H3,(H,22,25)/t18-/m0/s1. The van der Waals surface area contributed by atoms with Crippen LogP contribution < -0.4 is 10.2 Å². The van der Waals surface area contributed by atoms with Crippen molar-refractivity contribution in [1.82, 2.24) is 10.2 Å². The highest BCUT2D eigenvalue weighted by Gasteiger charge is 2.25. The normalized spacial score (nSPS) is 16.4. The number of para-hydroxylation sites is 1. The number of hydrogen-bond donors (Lipinski definition) is 1. The van der Waals surface area contributed by atoms with Gasteiger partial charge in [-0.15, -0.1) is 0 Å². The van der Waals surface area contributed by atoms with Gasteiger partial charge in [-0.25, -0.2) is 0 Å². The molecule has 0 aromatic heterocycles. The van der Waals surface area contributed by atoms with Crippen molar-refractivity contribution in [3.8, 4) is 0 Å². The predicted molar refractivity (Wildman–Crippen MR) is 103 cm³/mol. The second kappa shape index (κ2) is 8.67. The molecule has 1 atom stereocenters. The molecule has 1 N–H and O–H groups in total. The second-order valence-corrected chi connectivity index (χ2v) is 6.56. The molecule has 132 valence electrons. The minimum atomic E-state index is -0.0753. The van der Waals surface area contributed by atoms with Gasteiger partial charge in [0.2, 0.25) is 5.91 Å². The van der Waals surface area contributed by atoms with Crippen LogP contribution in [-0.2, 0) is 11.2 Å². The molecule has 0 saturated carbocycles. The van der Waals surface area contributed by atoms with Crippen molar-refractivity contribution in [2.24, 2.45) is 0 Å². The highest BCUT2D eigenvalue weighted by Crippen LogP contribution is 2.16. The highest BCUT2D eigenvalue weighted by atomic mass is 16.2. The van der Waals surface area contributed by atoms with Gasteiger partial charge in [0.25, 0.3) is 0 Å². The molecule has 0 radical (unpaired) electrons. The predicted octanol–water partition coefficient (Wildman–Crippen LogP) is 2.56. The molecule has 0 bridgehead atoms. The summed E-state index contributed by atoms with van der Waals surface area (Å²) in [7, 11) is 0. The first-order chi connectivity index (χ1) is 12.2. The lowest BCUT2D eigenvalue weighted by Gasteiger charge is -2.38. The summed E-state index contributed by atoms with van der Waals surface area (Å²) in [5.41, 5.74) is 2.52. The van der Waals surface area contributed by atoms with Gasteiger partial charge in [0.1, 0.15) is 0 Å². The summed E-state index contributed by atoms with van der Waals surface area (Å²) in [5.74, 6) is 0.129. The van der Waals surface area contributed by atoms with Crippen LogP contribution in [0.25, 0.3) is 0 Å². The van der Waals surface area contributed by atoms with Gasteiger partial charge < -0.3 is 10.2 Å². The fraction of sp³-hybridized carbons (Fsp3) is 0.381. The molecule has 2 aromatic rings. The van der Waals surface area contributed by atoms with E-state index in [1.165, 1.54) is 11.3 Å². The number of hydrogen-bond acceptors (Lipinski definition) is 3. The summed E-state index contributed by atoms with van der Waals surface area (Å²) in [4.78, 5) is 17.1. The van der Waals surface area contributed by atoms with Crippen LogP contribution in [0.1, 0.15) is 12.5 Å². The summed E-state index contributed by atoms with van der Waals surface area (Å²) in [6.07, 6.45) is 0.876. The third-order valence-electron chi connectivity index (χ3n) is 4.92. The maximum absolute atomic E-state index is 12.4. The molecule has 1 saturated heterocycles. The van der Waals surface area contributed by atoms with Gasteiger partial charge in [-0.1, -0.05) is 48.5 Å². The Morgan fingerprint density at radius 2 is 1.56 bits per heavy atom. The summed E-state index contributed by atoms with van der Waals surface area (Å²) in [5, 5.41) is 3.08. The number of amides is 1. The molecule has 0 aliphatic carbocycles. The molecule has 1 heterocycles. The lowest BCUT2D eigenvalue weighted by atomic mass is 10.1. The van der Waals surface area contributed by atoms with E-state index in [0.717, 1.165) is 32.6 Å². The molecule has 1 fully saturated rings. The Balaban J connectivity index is 1.42. The maximum atomic E-state index is 12.4. The van der Waals surface area contributed by atoms with Gasteiger partial charge in [-0.2, -0.15) is 0 Å². The molecule has 4 nitrogen and oxygen atoms in total. The Bertz CT molecular complexity index is 651. The van der Waals surface area contributed by atoms with Crippen LogP contribution in [-0.4, -0.2) is 49.6 Å². The van der Waals surface area contributed by atoms with E-state index < -0.39 is 0 Å². The zero-order valence-corrected chi connectivity index (χ0v) is 14.9. The summed E-state index contributed by atoms with van der Waals surface area (Å²) >= 11 is 0. The number of nitrogens with zero attached hydrogens (tertiary/aromatic N) is 2. The Morgan fingerprint density at radius 1 is 0.960 bits per heavy atom. The first kappa shape index (κ1) is 17.5. The van der Waals surface area contributed by atoms with Crippen molar-refractivity contribution < 1.29 is 4.79 Å². The van der Waals surface area contributed by atoms with E-state index in [9.17, 15) is 4.79 Å². The highest BCUT2D eigenvalue weighted by molar-refractivity contribution is 5.81. The van der Waals surface area contributed by atoms with E-state index in [2.05, 4.69) is 51.5 Å². The Hall–Kier alpha value is -2.33. The Labute approximate surface area is 150 Å². The van der Waals surface area contributed by atoms with E-state index in [1.54, 1.807) is 0 Å². The fourth-order valence-electron chi connectivity index (χ4n) is 3.29. The lowest BCUT2D eigenvalue weighted by Crippen LogP contribution is -2.54. The summed E-state index contributed by atoms with van der Waals surface area (Å²) in [6, 6.07) is 20.7. The topological polar surface area (TPSA) is 35.6 Å². The van der Waals surface area contributed by atoms with Crippen molar-refractivity contribution in [3.05, 3.63) is 66.2 Å². The van der Waals surface area contributed by atoms with Crippen LogP contribution in [0.5, 0.6) is 0 Å². The van der Waals surface area contributed by atoms with Crippen molar-refractivity contribution in [3.63, 3.8) is 0 Å². The molecule has 0 spiro atoms. The average molecular weight is 337 g/mol. The number of carbonyl (C=O) groups is 1. The SMILES string of the molecule is C[C@@H](C(=O)NCCc1ccccc1)N1CCN(c2ccccc2)CC1. The molecule has 0 unspecified atom stereocenters. The van der Waals surface area contributed by atoms with Gasteiger partial charge in [-0.3, -0.25) is 9.69 Å². The monoisotopic (exact) mass is 337 g/mol. The Morgan fingerprint density at radius 3 is 2.20 bits per heavy atom. The van der Waals surface area contributed by atoms with Crippen LogP contribution in [0, 0.1) is 0 Å². The van der Waals surface area contributed by atoms with Crippen molar-refractivity contribution in [2.45, 2.75) is 19.4 Å². The number of rotatable bonds is 6. The van der Waals surface area contributed by atoms with E-state index >= 15 is 0 Å². The van der Waals surface area contributed by atoms with E-state index in [1.807, 2.05) is 31.2 Å². The quantitative estimate of drug-likeness (QED) is 0.880. The van der Waals surface area contributed by atoms with Crippen LogP contribution in [0.4, 0.5) is 5.69 Å². The molecule has 1 aliphatic rings. The van der Waals surface area contributed by atoms with Crippen LogP contribution >= 0.6 is 0 Å². The largest absolute Gasteiger partial charge is 0.369 e. The second-order valence-electron chi connectivity index (χ2n) is 6.56. The zero-order valence-electron chi connectivity index (χ0n) is 14.9. The van der Waals surface area contributed by atoms with Gasteiger partial charge in [0.05, 0.1) is 6.04 Å². The van der Waals surface area contributed by atoms with Crippen molar-refractivity contribution in [1.29, 1.82) is 0 Å². The van der Waals surface area contributed by atoms with Crippen molar-refractivity contribution >= 4 is 11.6 Å². The van der Waals surface area contributed by atoms with Gasteiger partial charge in [0.15, 0.2) is 0 Å². The molecule has 25 heavy (non-hydrogen) atoms. The number of carbonyl (C=O) groups excluding carboxylic acids is 1. The molecule has 3 rings (SSSR count). The number of piperazine rings is 1. The van der Waals surface area contributed by atoms with Gasteiger partial charge >= 0.3 is 0 Å². The zero-order chi connectivity index (χ0) is 17.5. The fourth-order valence-corrected chi connectivity index (χ4v) is 3.29. The first-order valence-electron chi connectivity index (χ1n) is 9.10. The smallest absolute Gasteiger partial charge is 0.237 e. The summed E-state index contributed by atoms with van der Waals surface area (Å²) in [6.45, 7) is 6.47. The minimum absolute atomic E-state index is 0.0753. The van der Waals surface area contributed by atoms with E-state index in [4.69, 9.17) is 0 Å². The van der Waals surface area contributed by atoms with Crippen LogP contribution in [0.15, 0.2) is 60.7 Å². The molecule has 2 aromatic carbocycles. The van der Waals surface area contributed by atoms with Crippen molar-refractivity contribution in [2.75, 3.05) is 37.6 Å². The number of anilines is 1. The Kier molecular flexibility index (Phi) is 6.07. The average Bonchev–Trinajstić information content (AvgIpc) is 2.69. The third kappa shape index (κ3) is 4.83. The first-order valence-corrected chi connectivity index (χ1v) is 9.10. The molecule has 1 aliphatic heterocycles. The minimum Gasteiger partial charge on any atom is -0.369 e. The van der Waals surface area contributed by atoms with Gasteiger partial charge in [-0.05, 0) is 31.0 Å². The molecular formula is C21H27N3O. The molecular weight excluding hydrogens is 310 g/mol. The summed E-state index contributed by atoms with van der Waals surface area (Å²) < 4.78 is 0. The van der Waals surface area contributed by atoms with Crippen LogP contribution in [0.2, 0.25) is 0 Å². The van der Waals surface area contributed by atoms with Gasteiger partial charge in [0, 0.05) is 38.4 Å². The molecule has 4 heteroatoms. The van der Waals surface area contributed by atoms with Crippen LogP contribution in [0.3, 0.4) is 0 Å².